The van der Waals surface area contributed by atoms with Crippen molar-refractivity contribution in [3.05, 3.63) is 89.9 Å². The molecule has 1 aromatic heterocycles. The van der Waals surface area contributed by atoms with Gasteiger partial charge in [0.1, 0.15) is 11.8 Å². The van der Waals surface area contributed by atoms with Crippen LogP contribution in [0.25, 0.3) is 0 Å². The minimum atomic E-state index is -0.0509. The highest BCUT2D eigenvalue weighted by molar-refractivity contribution is 7.80. The molecule has 1 N–H and O–H groups in total. The zero-order valence-corrected chi connectivity index (χ0v) is 15.2. The molecule has 5 heteroatoms. The van der Waals surface area contributed by atoms with Crippen molar-refractivity contribution in [2.24, 2.45) is 5.10 Å². The second-order valence-electron chi connectivity index (χ2n) is 6.29. The highest BCUT2D eigenvalue weighted by Crippen LogP contribution is 2.33. The van der Waals surface area contributed by atoms with Gasteiger partial charge in [-0.3, -0.25) is 0 Å². The summed E-state index contributed by atoms with van der Waals surface area (Å²) in [6.45, 7) is 2.08. The molecule has 2 heterocycles. The van der Waals surface area contributed by atoms with E-state index in [2.05, 4.69) is 36.5 Å². The fourth-order valence-electron chi connectivity index (χ4n) is 3.02. The van der Waals surface area contributed by atoms with E-state index >= 15 is 0 Å². The highest BCUT2D eigenvalue weighted by Gasteiger charge is 2.33. The van der Waals surface area contributed by atoms with Crippen molar-refractivity contribution >= 4 is 28.7 Å². The summed E-state index contributed by atoms with van der Waals surface area (Å²) < 4.78 is 5.65. The number of anilines is 1. The predicted octanol–water partition coefficient (Wildman–Crippen LogP) is 5.14. The summed E-state index contributed by atoms with van der Waals surface area (Å²) in [7, 11) is 0. The third-order valence-electron chi connectivity index (χ3n) is 4.40. The SMILES string of the molecule is Cc1ccc(C2=NN(C(=S)Nc3ccccc3)[C@H](c3ccco3)C2)cc1. The molecule has 0 amide bonds. The first-order chi connectivity index (χ1) is 12.7. The van der Waals surface area contributed by atoms with E-state index < -0.39 is 0 Å². The maximum absolute atomic E-state index is 5.65. The molecule has 0 unspecified atom stereocenters. The number of hydrazone groups is 1. The van der Waals surface area contributed by atoms with Gasteiger partial charge >= 0.3 is 0 Å². The third-order valence-corrected chi connectivity index (χ3v) is 4.69. The van der Waals surface area contributed by atoms with Crippen LogP contribution in [0, 0.1) is 6.92 Å². The molecule has 0 saturated heterocycles. The molecule has 2 aromatic carbocycles. The molecule has 0 radical (unpaired) electrons. The molecule has 0 fully saturated rings. The van der Waals surface area contributed by atoms with Crippen LogP contribution in [0.1, 0.15) is 29.3 Å². The number of benzene rings is 2. The summed E-state index contributed by atoms with van der Waals surface area (Å²) in [5.74, 6) is 0.855. The summed E-state index contributed by atoms with van der Waals surface area (Å²) >= 11 is 5.64. The molecule has 4 nitrogen and oxygen atoms in total. The molecule has 26 heavy (non-hydrogen) atoms. The maximum Gasteiger partial charge on any atom is 0.194 e. The number of para-hydroxylation sites is 1. The number of thiocarbonyl (C=S) groups is 1. The van der Waals surface area contributed by atoms with Crippen LogP contribution in [-0.2, 0) is 0 Å². The lowest BCUT2D eigenvalue weighted by Crippen LogP contribution is -2.30. The van der Waals surface area contributed by atoms with Gasteiger partial charge < -0.3 is 9.73 Å². The first kappa shape index (κ1) is 16.5. The lowest BCUT2D eigenvalue weighted by atomic mass is 10.0. The van der Waals surface area contributed by atoms with E-state index in [9.17, 15) is 0 Å². The molecule has 0 aliphatic carbocycles. The van der Waals surface area contributed by atoms with E-state index in [0.29, 0.717) is 5.11 Å². The molecular weight excluding hydrogens is 342 g/mol. The lowest BCUT2D eigenvalue weighted by molar-refractivity contribution is 0.318. The Morgan fingerprint density at radius 3 is 2.54 bits per heavy atom. The van der Waals surface area contributed by atoms with Crippen molar-refractivity contribution in [2.75, 3.05) is 5.32 Å². The Balaban J connectivity index is 1.63. The zero-order chi connectivity index (χ0) is 17.9. The normalized spacial score (nSPS) is 16.4. The smallest absolute Gasteiger partial charge is 0.194 e. The maximum atomic E-state index is 5.65. The van der Waals surface area contributed by atoms with Crippen LogP contribution in [-0.4, -0.2) is 15.8 Å². The van der Waals surface area contributed by atoms with Gasteiger partial charge in [-0.2, -0.15) is 5.10 Å². The monoisotopic (exact) mass is 361 g/mol. The van der Waals surface area contributed by atoms with Crippen LogP contribution >= 0.6 is 12.2 Å². The average molecular weight is 361 g/mol. The predicted molar refractivity (Wildman–Crippen MR) is 108 cm³/mol. The van der Waals surface area contributed by atoms with Crippen molar-refractivity contribution in [1.82, 2.24) is 5.01 Å². The van der Waals surface area contributed by atoms with Gasteiger partial charge in [0.2, 0.25) is 0 Å². The Bertz CT molecular complexity index is 918. The van der Waals surface area contributed by atoms with E-state index in [1.165, 1.54) is 5.56 Å². The Hall–Kier alpha value is -2.92. The van der Waals surface area contributed by atoms with Crippen LogP contribution in [0.3, 0.4) is 0 Å². The standard InChI is InChI=1S/C21H19N3OS/c1-15-9-11-16(12-10-15)18-14-19(20-8-5-13-25-20)24(23-18)21(26)22-17-6-3-2-4-7-17/h2-13,19H,14H2,1H3,(H,22,26)/t19-/m0/s1. The molecule has 0 spiro atoms. The second kappa shape index (κ2) is 7.14. The van der Waals surface area contributed by atoms with Crippen LogP contribution in [0.15, 0.2) is 82.5 Å². The number of rotatable bonds is 3. The topological polar surface area (TPSA) is 40.8 Å². The molecule has 4 rings (SSSR count). The zero-order valence-electron chi connectivity index (χ0n) is 14.4. The van der Waals surface area contributed by atoms with E-state index in [1.807, 2.05) is 47.5 Å². The molecule has 0 saturated carbocycles. The van der Waals surface area contributed by atoms with Gasteiger partial charge in [0.05, 0.1) is 12.0 Å². The molecule has 3 aromatic rings. The Kier molecular flexibility index (Phi) is 4.54. The van der Waals surface area contributed by atoms with Gasteiger partial charge in [0.15, 0.2) is 5.11 Å². The summed E-state index contributed by atoms with van der Waals surface area (Å²) in [5, 5.41) is 10.5. The summed E-state index contributed by atoms with van der Waals surface area (Å²) in [5.41, 5.74) is 4.28. The summed E-state index contributed by atoms with van der Waals surface area (Å²) in [6, 6.07) is 22.1. The van der Waals surface area contributed by atoms with Gasteiger partial charge in [0.25, 0.3) is 0 Å². The quantitative estimate of drug-likeness (QED) is 0.656. The molecule has 1 atom stereocenters. The molecule has 0 bridgehead atoms. The van der Waals surface area contributed by atoms with Gasteiger partial charge in [-0.25, -0.2) is 5.01 Å². The van der Waals surface area contributed by atoms with Crippen molar-refractivity contribution in [3.8, 4) is 0 Å². The molecule has 1 aliphatic rings. The minimum Gasteiger partial charge on any atom is -0.467 e. The summed E-state index contributed by atoms with van der Waals surface area (Å²) in [6.07, 6.45) is 2.43. The first-order valence-corrected chi connectivity index (χ1v) is 8.95. The van der Waals surface area contributed by atoms with E-state index in [0.717, 1.165) is 29.1 Å². The molecule has 130 valence electrons. The van der Waals surface area contributed by atoms with E-state index in [-0.39, 0.29) is 6.04 Å². The van der Waals surface area contributed by atoms with Crippen LogP contribution in [0.2, 0.25) is 0 Å². The number of nitrogens with zero attached hydrogens (tertiary/aromatic N) is 2. The lowest BCUT2D eigenvalue weighted by Gasteiger charge is -2.23. The highest BCUT2D eigenvalue weighted by atomic mass is 32.1. The van der Waals surface area contributed by atoms with Crippen LogP contribution in [0.5, 0.6) is 0 Å². The number of nitrogens with one attached hydrogen (secondary N) is 1. The largest absolute Gasteiger partial charge is 0.467 e. The van der Waals surface area contributed by atoms with Gasteiger partial charge in [-0.05, 0) is 49.0 Å². The number of hydrogen-bond donors (Lipinski definition) is 1. The van der Waals surface area contributed by atoms with Crippen molar-refractivity contribution in [2.45, 2.75) is 19.4 Å². The minimum absolute atomic E-state index is 0.0509. The van der Waals surface area contributed by atoms with Crippen molar-refractivity contribution in [3.63, 3.8) is 0 Å². The van der Waals surface area contributed by atoms with E-state index in [1.54, 1.807) is 6.26 Å². The fourth-order valence-corrected chi connectivity index (χ4v) is 3.31. The Morgan fingerprint density at radius 2 is 1.85 bits per heavy atom. The van der Waals surface area contributed by atoms with Gasteiger partial charge in [-0.1, -0.05) is 48.0 Å². The van der Waals surface area contributed by atoms with Crippen LogP contribution in [0.4, 0.5) is 5.69 Å². The summed E-state index contributed by atoms with van der Waals surface area (Å²) in [4.78, 5) is 0. The van der Waals surface area contributed by atoms with Gasteiger partial charge in [-0.15, -0.1) is 0 Å². The number of hydrogen-bond acceptors (Lipinski definition) is 3. The van der Waals surface area contributed by atoms with E-state index in [4.69, 9.17) is 21.7 Å². The van der Waals surface area contributed by atoms with Crippen molar-refractivity contribution in [1.29, 1.82) is 0 Å². The molecular formula is C21H19N3OS. The molecule has 1 aliphatic heterocycles. The Labute approximate surface area is 158 Å². The first-order valence-electron chi connectivity index (χ1n) is 8.54. The fraction of sp³-hybridized carbons (Fsp3) is 0.143. The van der Waals surface area contributed by atoms with Crippen LogP contribution < -0.4 is 5.32 Å². The van der Waals surface area contributed by atoms with Crippen molar-refractivity contribution < 1.29 is 4.42 Å². The third kappa shape index (κ3) is 3.39. The number of furan rings is 1. The van der Waals surface area contributed by atoms with Gasteiger partial charge in [0, 0.05) is 12.1 Å². The average Bonchev–Trinajstić information content (AvgIpc) is 3.33. The second-order valence-corrected chi connectivity index (χ2v) is 6.68. The number of aryl methyl sites for hydroxylation is 1. The Morgan fingerprint density at radius 1 is 1.08 bits per heavy atom.